The summed E-state index contributed by atoms with van der Waals surface area (Å²) >= 11 is 3.37. The molecule has 0 fully saturated rings. The third-order valence-electron chi connectivity index (χ3n) is 2.76. The lowest BCUT2D eigenvalue weighted by atomic mass is 10.2. The van der Waals surface area contributed by atoms with Gasteiger partial charge in [-0.15, -0.1) is 0 Å². The fourth-order valence-corrected chi connectivity index (χ4v) is 2.02. The Labute approximate surface area is 126 Å². The van der Waals surface area contributed by atoms with Crippen molar-refractivity contribution in [3.63, 3.8) is 0 Å². The summed E-state index contributed by atoms with van der Waals surface area (Å²) in [6.45, 7) is 5.19. The van der Waals surface area contributed by atoms with E-state index in [2.05, 4.69) is 21.2 Å². The van der Waals surface area contributed by atoms with Crippen LogP contribution >= 0.6 is 15.9 Å². The second-order valence-corrected chi connectivity index (χ2v) is 5.53. The van der Waals surface area contributed by atoms with Gasteiger partial charge in [0.25, 0.3) is 5.91 Å². The molecule has 20 heavy (non-hydrogen) atoms. The number of hydrogen-bond acceptors (Lipinski definition) is 3. The highest BCUT2D eigenvalue weighted by Crippen LogP contribution is 2.26. The zero-order valence-corrected chi connectivity index (χ0v) is 13.2. The number of carbonyl (C=O) groups excluding carboxylic acids is 1. The molecule has 0 saturated heterocycles. The molecule has 0 radical (unpaired) electrons. The van der Waals surface area contributed by atoms with Crippen LogP contribution < -0.4 is 10.1 Å². The summed E-state index contributed by atoms with van der Waals surface area (Å²) < 4.78 is 6.32. The monoisotopic (exact) mass is 343 g/mol. The number of carbonyl (C=O) groups is 2. The Morgan fingerprint density at radius 2 is 2.05 bits per heavy atom. The number of carboxylic acids is 1. The van der Waals surface area contributed by atoms with E-state index in [0.717, 1.165) is 10.0 Å². The number of aryl methyl sites for hydroxylation is 1. The van der Waals surface area contributed by atoms with Crippen LogP contribution in [0.4, 0.5) is 0 Å². The standard InChI is InChI=1S/C14H18BrNO4/c1-8-4-5-12(11(15)6-8)20-10(3)13(17)16-7-9(2)14(18)19/h4-6,9-10H,7H2,1-3H3,(H,16,17)(H,18,19). The SMILES string of the molecule is Cc1ccc(OC(C)C(=O)NCC(C)C(=O)O)c(Br)c1. The minimum atomic E-state index is -0.944. The van der Waals surface area contributed by atoms with Crippen LogP contribution in [-0.2, 0) is 9.59 Å². The van der Waals surface area contributed by atoms with Crippen LogP contribution in [0.25, 0.3) is 0 Å². The first kappa shape index (κ1) is 16.5. The van der Waals surface area contributed by atoms with Gasteiger partial charge in [-0.2, -0.15) is 0 Å². The van der Waals surface area contributed by atoms with Crippen LogP contribution in [0.1, 0.15) is 19.4 Å². The molecule has 110 valence electrons. The number of aliphatic carboxylic acids is 1. The molecule has 0 saturated carbocycles. The summed E-state index contributed by atoms with van der Waals surface area (Å²) in [5.74, 6) is -1.34. The maximum atomic E-state index is 11.8. The van der Waals surface area contributed by atoms with Crippen LogP contribution in [0, 0.1) is 12.8 Å². The maximum Gasteiger partial charge on any atom is 0.308 e. The third kappa shape index (κ3) is 4.85. The molecule has 1 amide bonds. The van der Waals surface area contributed by atoms with Crippen LogP contribution in [-0.4, -0.2) is 29.6 Å². The van der Waals surface area contributed by atoms with E-state index < -0.39 is 18.0 Å². The Hall–Kier alpha value is -1.56. The van der Waals surface area contributed by atoms with Crippen molar-refractivity contribution in [1.29, 1.82) is 0 Å². The number of benzene rings is 1. The van der Waals surface area contributed by atoms with Crippen molar-refractivity contribution in [2.75, 3.05) is 6.54 Å². The number of carboxylic acid groups (broad SMARTS) is 1. The first-order valence-electron chi connectivity index (χ1n) is 6.24. The van der Waals surface area contributed by atoms with Crippen molar-refractivity contribution in [1.82, 2.24) is 5.32 Å². The van der Waals surface area contributed by atoms with Gasteiger partial charge in [0.1, 0.15) is 5.75 Å². The van der Waals surface area contributed by atoms with Gasteiger partial charge in [-0.25, -0.2) is 0 Å². The van der Waals surface area contributed by atoms with Gasteiger partial charge in [0, 0.05) is 6.54 Å². The average molecular weight is 344 g/mol. The van der Waals surface area contributed by atoms with E-state index in [1.165, 1.54) is 6.92 Å². The Balaban J connectivity index is 2.55. The number of rotatable bonds is 6. The Morgan fingerprint density at radius 3 is 2.60 bits per heavy atom. The lowest BCUT2D eigenvalue weighted by Gasteiger charge is -2.16. The van der Waals surface area contributed by atoms with Crippen LogP contribution in [0.15, 0.2) is 22.7 Å². The molecule has 2 atom stereocenters. The summed E-state index contributed by atoms with van der Waals surface area (Å²) in [6, 6.07) is 5.56. The van der Waals surface area contributed by atoms with E-state index in [4.69, 9.17) is 9.84 Å². The summed E-state index contributed by atoms with van der Waals surface area (Å²) in [7, 11) is 0. The molecule has 0 aliphatic rings. The third-order valence-corrected chi connectivity index (χ3v) is 3.38. The molecule has 2 N–H and O–H groups in total. The molecule has 0 aliphatic carbocycles. The van der Waals surface area contributed by atoms with Crippen molar-refractivity contribution in [2.45, 2.75) is 26.9 Å². The van der Waals surface area contributed by atoms with E-state index in [0.29, 0.717) is 5.75 Å². The molecule has 6 heteroatoms. The summed E-state index contributed by atoms with van der Waals surface area (Å²) in [4.78, 5) is 22.5. The number of halogens is 1. The van der Waals surface area contributed by atoms with E-state index in [-0.39, 0.29) is 12.5 Å². The normalized spacial score (nSPS) is 13.4. The number of hydrogen-bond donors (Lipinski definition) is 2. The zero-order chi connectivity index (χ0) is 15.3. The molecule has 0 spiro atoms. The van der Waals surface area contributed by atoms with E-state index in [1.54, 1.807) is 13.0 Å². The summed E-state index contributed by atoms with van der Waals surface area (Å²) in [5.41, 5.74) is 1.08. The lowest BCUT2D eigenvalue weighted by Crippen LogP contribution is -2.39. The summed E-state index contributed by atoms with van der Waals surface area (Å²) in [6.07, 6.45) is -0.699. The fourth-order valence-electron chi connectivity index (χ4n) is 1.43. The maximum absolute atomic E-state index is 11.8. The molecule has 1 aromatic rings. The highest BCUT2D eigenvalue weighted by atomic mass is 79.9. The molecule has 1 aromatic carbocycles. The zero-order valence-electron chi connectivity index (χ0n) is 11.6. The second-order valence-electron chi connectivity index (χ2n) is 4.68. The Kier molecular flexibility index (Phi) is 6.01. The molecular formula is C14H18BrNO4. The topological polar surface area (TPSA) is 75.6 Å². The van der Waals surface area contributed by atoms with Gasteiger partial charge < -0.3 is 15.2 Å². The lowest BCUT2D eigenvalue weighted by molar-refractivity contribution is -0.141. The number of nitrogens with one attached hydrogen (secondary N) is 1. The Morgan fingerprint density at radius 1 is 1.40 bits per heavy atom. The minimum absolute atomic E-state index is 0.0803. The number of ether oxygens (including phenoxy) is 1. The van der Waals surface area contributed by atoms with E-state index >= 15 is 0 Å². The molecule has 0 aromatic heterocycles. The van der Waals surface area contributed by atoms with Crippen molar-refractivity contribution in [2.24, 2.45) is 5.92 Å². The molecule has 1 rings (SSSR count). The van der Waals surface area contributed by atoms with Crippen molar-refractivity contribution >= 4 is 27.8 Å². The molecule has 0 aliphatic heterocycles. The van der Waals surface area contributed by atoms with Crippen LogP contribution in [0.2, 0.25) is 0 Å². The Bertz CT molecular complexity index is 504. The van der Waals surface area contributed by atoms with E-state index in [9.17, 15) is 9.59 Å². The van der Waals surface area contributed by atoms with Crippen molar-refractivity contribution in [3.05, 3.63) is 28.2 Å². The molecule has 5 nitrogen and oxygen atoms in total. The first-order valence-corrected chi connectivity index (χ1v) is 7.04. The van der Waals surface area contributed by atoms with Gasteiger partial charge >= 0.3 is 5.97 Å². The minimum Gasteiger partial charge on any atom is -0.481 e. The quantitative estimate of drug-likeness (QED) is 0.831. The fraction of sp³-hybridized carbons (Fsp3) is 0.429. The average Bonchev–Trinajstić information content (AvgIpc) is 2.38. The number of amides is 1. The molecule has 0 bridgehead atoms. The highest BCUT2D eigenvalue weighted by Gasteiger charge is 2.18. The molecule has 2 unspecified atom stereocenters. The predicted octanol–water partition coefficient (Wildman–Crippen LogP) is 2.36. The smallest absolute Gasteiger partial charge is 0.308 e. The molecule has 0 heterocycles. The van der Waals surface area contributed by atoms with Crippen LogP contribution in [0.3, 0.4) is 0 Å². The van der Waals surface area contributed by atoms with E-state index in [1.807, 2.05) is 19.1 Å². The van der Waals surface area contributed by atoms with Gasteiger partial charge in [0.15, 0.2) is 6.10 Å². The molecular weight excluding hydrogens is 326 g/mol. The predicted molar refractivity (Wildman–Crippen MR) is 78.8 cm³/mol. The van der Waals surface area contributed by atoms with Gasteiger partial charge in [-0.3, -0.25) is 9.59 Å². The summed E-state index contributed by atoms with van der Waals surface area (Å²) in [5, 5.41) is 11.3. The van der Waals surface area contributed by atoms with Gasteiger partial charge in [0.05, 0.1) is 10.4 Å². The van der Waals surface area contributed by atoms with Gasteiger partial charge in [-0.05, 0) is 47.5 Å². The highest BCUT2D eigenvalue weighted by molar-refractivity contribution is 9.10. The largest absolute Gasteiger partial charge is 0.481 e. The van der Waals surface area contributed by atoms with Gasteiger partial charge in [0.2, 0.25) is 0 Å². The first-order chi connectivity index (χ1) is 9.31. The van der Waals surface area contributed by atoms with Crippen molar-refractivity contribution in [3.8, 4) is 5.75 Å². The second kappa shape index (κ2) is 7.28. The van der Waals surface area contributed by atoms with Crippen LogP contribution in [0.5, 0.6) is 5.75 Å². The van der Waals surface area contributed by atoms with Crippen molar-refractivity contribution < 1.29 is 19.4 Å². The van der Waals surface area contributed by atoms with Gasteiger partial charge in [-0.1, -0.05) is 13.0 Å².